The predicted molar refractivity (Wildman–Crippen MR) is 50.0 cm³/mol. The van der Waals surface area contributed by atoms with Crippen molar-refractivity contribution in [3.63, 3.8) is 0 Å². The highest BCUT2D eigenvalue weighted by molar-refractivity contribution is 9.10. The SMILES string of the molecule is Cc1cc(C#N)c(O)c(Br)c1C. The van der Waals surface area contributed by atoms with Gasteiger partial charge in [0.2, 0.25) is 0 Å². The molecule has 1 rings (SSSR count). The second-order valence-electron chi connectivity index (χ2n) is 2.64. The van der Waals surface area contributed by atoms with E-state index < -0.39 is 0 Å². The Kier molecular flexibility index (Phi) is 2.39. The van der Waals surface area contributed by atoms with Crippen LogP contribution < -0.4 is 0 Å². The molecule has 0 saturated heterocycles. The number of rotatable bonds is 0. The fourth-order valence-electron chi connectivity index (χ4n) is 0.947. The Hall–Kier alpha value is -1.01. The first-order chi connectivity index (χ1) is 5.57. The Morgan fingerprint density at radius 3 is 2.58 bits per heavy atom. The number of phenolic OH excluding ortho intramolecular Hbond substituents is 1. The molecule has 1 aromatic carbocycles. The summed E-state index contributed by atoms with van der Waals surface area (Å²) in [7, 11) is 0. The number of hydrogen-bond donors (Lipinski definition) is 1. The lowest BCUT2D eigenvalue weighted by Gasteiger charge is -2.06. The molecule has 1 aromatic rings. The second kappa shape index (κ2) is 3.16. The van der Waals surface area contributed by atoms with Gasteiger partial charge in [0.1, 0.15) is 11.8 Å². The predicted octanol–water partition coefficient (Wildman–Crippen LogP) is 2.64. The number of nitrogens with zero attached hydrogens (tertiary/aromatic N) is 1. The molecule has 0 fully saturated rings. The first kappa shape index (κ1) is 9.08. The molecule has 62 valence electrons. The van der Waals surface area contributed by atoms with Crippen molar-refractivity contribution in [2.75, 3.05) is 0 Å². The van der Waals surface area contributed by atoms with Crippen LogP contribution >= 0.6 is 15.9 Å². The van der Waals surface area contributed by atoms with Gasteiger partial charge in [-0.2, -0.15) is 5.26 Å². The van der Waals surface area contributed by atoms with Gasteiger partial charge >= 0.3 is 0 Å². The average Bonchev–Trinajstić information content (AvgIpc) is 2.08. The van der Waals surface area contributed by atoms with Crippen LogP contribution in [0.15, 0.2) is 10.5 Å². The Bertz CT molecular complexity index is 366. The zero-order valence-electron chi connectivity index (χ0n) is 6.85. The number of hydrogen-bond acceptors (Lipinski definition) is 2. The quantitative estimate of drug-likeness (QED) is 0.738. The Morgan fingerprint density at radius 1 is 1.50 bits per heavy atom. The van der Waals surface area contributed by atoms with Crippen LogP contribution in [0.2, 0.25) is 0 Å². The number of aryl methyl sites for hydroxylation is 1. The van der Waals surface area contributed by atoms with E-state index in [9.17, 15) is 5.11 Å². The molecule has 1 N–H and O–H groups in total. The fraction of sp³-hybridized carbons (Fsp3) is 0.222. The summed E-state index contributed by atoms with van der Waals surface area (Å²) in [5, 5.41) is 18.1. The maximum Gasteiger partial charge on any atom is 0.147 e. The number of aromatic hydroxyl groups is 1. The standard InChI is InChI=1S/C9H8BrNO/c1-5-3-7(4-11)9(12)8(10)6(5)2/h3,12H,1-2H3. The van der Waals surface area contributed by atoms with Crippen LogP contribution in [0.3, 0.4) is 0 Å². The lowest BCUT2D eigenvalue weighted by Crippen LogP contribution is -1.87. The molecule has 0 atom stereocenters. The molecule has 0 aliphatic heterocycles. The summed E-state index contributed by atoms with van der Waals surface area (Å²) in [4.78, 5) is 0. The maximum absolute atomic E-state index is 9.43. The van der Waals surface area contributed by atoms with Crippen molar-refractivity contribution >= 4 is 15.9 Å². The topological polar surface area (TPSA) is 44.0 Å². The number of phenols is 1. The van der Waals surface area contributed by atoms with Gasteiger partial charge in [-0.25, -0.2) is 0 Å². The zero-order valence-corrected chi connectivity index (χ0v) is 8.44. The Labute approximate surface area is 79.6 Å². The first-order valence-electron chi connectivity index (χ1n) is 3.46. The van der Waals surface area contributed by atoms with Crippen LogP contribution in [0.5, 0.6) is 5.75 Å². The molecular weight excluding hydrogens is 218 g/mol. The summed E-state index contributed by atoms with van der Waals surface area (Å²) in [6.45, 7) is 3.79. The minimum atomic E-state index is 0.0283. The lowest BCUT2D eigenvalue weighted by molar-refractivity contribution is 0.469. The Morgan fingerprint density at radius 2 is 2.08 bits per heavy atom. The Balaban J connectivity index is 3.52. The van der Waals surface area contributed by atoms with Gasteiger partial charge in [0, 0.05) is 0 Å². The van der Waals surface area contributed by atoms with Gasteiger partial charge < -0.3 is 5.11 Å². The smallest absolute Gasteiger partial charge is 0.147 e. The molecule has 2 nitrogen and oxygen atoms in total. The van der Waals surface area contributed by atoms with Crippen LogP contribution in [0.25, 0.3) is 0 Å². The zero-order chi connectivity index (χ0) is 9.30. The molecular formula is C9H8BrNO. The average molecular weight is 226 g/mol. The molecule has 0 heterocycles. The molecule has 3 heteroatoms. The maximum atomic E-state index is 9.43. The van der Waals surface area contributed by atoms with Crippen molar-refractivity contribution in [3.05, 3.63) is 27.2 Å². The van der Waals surface area contributed by atoms with E-state index in [0.29, 0.717) is 10.0 Å². The van der Waals surface area contributed by atoms with Crippen molar-refractivity contribution in [2.24, 2.45) is 0 Å². The van der Waals surface area contributed by atoms with Gasteiger partial charge in [0.25, 0.3) is 0 Å². The number of nitriles is 1. The summed E-state index contributed by atoms with van der Waals surface area (Å²) in [6, 6.07) is 3.60. The molecule has 0 unspecified atom stereocenters. The molecule has 0 bridgehead atoms. The van der Waals surface area contributed by atoms with Crippen molar-refractivity contribution in [3.8, 4) is 11.8 Å². The third kappa shape index (κ3) is 1.30. The number of benzene rings is 1. The van der Waals surface area contributed by atoms with E-state index in [1.807, 2.05) is 19.9 Å². The van der Waals surface area contributed by atoms with Crippen molar-refractivity contribution in [2.45, 2.75) is 13.8 Å². The molecule has 0 amide bonds. The minimum absolute atomic E-state index is 0.0283. The van der Waals surface area contributed by atoms with Crippen LogP contribution in [-0.4, -0.2) is 5.11 Å². The highest BCUT2D eigenvalue weighted by Crippen LogP contribution is 2.32. The van der Waals surface area contributed by atoms with Gasteiger partial charge in [-0.05, 0) is 47.0 Å². The molecule has 0 saturated carbocycles. The van der Waals surface area contributed by atoms with E-state index in [2.05, 4.69) is 15.9 Å². The third-order valence-corrected chi connectivity index (χ3v) is 2.84. The fourth-order valence-corrected chi connectivity index (χ4v) is 1.47. The lowest BCUT2D eigenvalue weighted by atomic mass is 10.1. The second-order valence-corrected chi connectivity index (χ2v) is 3.43. The van der Waals surface area contributed by atoms with E-state index >= 15 is 0 Å². The highest BCUT2D eigenvalue weighted by Gasteiger charge is 2.09. The molecule has 0 aliphatic carbocycles. The molecule has 0 aliphatic rings. The van der Waals surface area contributed by atoms with Crippen LogP contribution in [0, 0.1) is 25.2 Å². The first-order valence-corrected chi connectivity index (χ1v) is 4.26. The molecule has 0 spiro atoms. The van der Waals surface area contributed by atoms with Crippen LogP contribution in [0.4, 0.5) is 0 Å². The van der Waals surface area contributed by atoms with Gasteiger partial charge in [-0.3, -0.25) is 0 Å². The van der Waals surface area contributed by atoms with E-state index in [1.165, 1.54) is 0 Å². The van der Waals surface area contributed by atoms with Crippen LogP contribution in [0.1, 0.15) is 16.7 Å². The van der Waals surface area contributed by atoms with Crippen molar-refractivity contribution in [1.29, 1.82) is 5.26 Å². The monoisotopic (exact) mass is 225 g/mol. The molecule has 0 aromatic heterocycles. The molecule has 0 radical (unpaired) electrons. The van der Waals surface area contributed by atoms with E-state index in [4.69, 9.17) is 5.26 Å². The van der Waals surface area contributed by atoms with E-state index in [1.54, 1.807) is 6.07 Å². The number of halogens is 1. The normalized spacial score (nSPS) is 9.50. The van der Waals surface area contributed by atoms with Crippen molar-refractivity contribution in [1.82, 2.24) is 0 Å². The van der Waals surface area contributed by atoms with Crippen molar-refractivity contribution < 1.29 is 5.11 Å². The molecule has 12 heavy (non-hydrogen) atoms. The summed E-state index contributed by atoms with van der Waals surface area (Å²) >= 11 is 3.22. The summed E-state index contributed by atoms with van der Waals surface area (Å²) in [5.74, 6) is 0.0283. The van der Waals surface area contributed by atoms with Crippen LogP contribution in [-0.2, 0) is 0 Å². The minimum Gasteiger partial charge on any atom is -0.505 e. The largest absolute Gasteiger partial charge is 0.505 e. The van der Waals surface area contributed by atoms with E-state index in [-0.39, 0.29) is 5.75 Å². The van der Waals surface area contributed by atoms with Gasteiger partial charge in [-0.1, -0.05) is 0 Å². The highest BCUT2D eigenvalue weighted by atomic mass is 79.9. The van der Waals surface area contributed by atoms with E-state index in [0.717, 1.165) is 11.1 Å². The van der Waals surface area contributed by atoms with Gasteiger partial charge in [-0.15, -0.1) is 0 Å². The van der Waals surface area contributed by atoms with Gasteiger partial charge in [0.05, 0.1) is 10.0 Å². The van der Waals surface area contributed by atoms with Gasteiger partial charge in [0.15, 0.2) is 0 Å². The third-order valence-electron chi connectivity index (χ3n) is 1.87. The summed E-state index contributed by atoms with van der Waals surface area (Å²) in [5.41, 5.74) is 2.27. The summed E-state index contributed by atoms with van der Waals surface area (Å²) < 4.78 is 0.610. The summed E-state index contributed by atoms with van der Waals surface area (Å²) in [6.07, 6.45) is 0.